The summed E-state index contributed by atoms with van der Waals surface area (Å²) in [6.45, 7) is 9.31. The Hall–Kier alpha value is -4.87. The van der Waals surface area contributed by atoms with Crippen LogP contribution in [0.5, 0.6) is 0 Å². The number of hydrogen-bond acceptors (Lipinski definition) is 6. The second-order valence-corrected chi connectivity index (χ2v) is 13.0. The number of amides is 4. The molecule has 12 nitrogen and oxygen atoms in total. The first-order valence-corrected chi connectivity index (χ1v) is 15.9. The van der Waals surface area contributed by atoms with Crippen molar-refractivity contribution in [1.29, 1.82) is 0 Å². The van der Waals surface area contributed by atoms with Gasteiger partial charge in [0.15, 0.2) is 0 Å². The Morgan fingerprint density at radius 2 is 1.53 bits per heavy atom. The second kappa shape index (κ2) is 17.2. The van der Waals surface area contributed by atoms with Crippen molar-refractivity contribution in [2.24, 2.45) is 5.92 Å². The lowest BCUT2D eigenvalue weighted by atomic mass is 9.99. The number of para-hydroxylation sites is 1. The Labute approximate surface area is 275 Å². The highest BCUT2D eigenvalue weighted by atomic mass is 16.6. The van der Waals surface area contributed by atoms with E-state index in [-0.39, 0.29) is 25.3 Å². The third kappa shape index (κ3) is 12.8. The number of H-pyrrole nitrogens is 1. The standard InChI is InChI=1S/C35H47N5O7/c1-22(2)17-25(19-30(41)39-29(20-31(42)43)32(44)36-16-15-23-11-7-6-8-12-23)38-33(45)28(40-34(46)47-35(3,4)5)18-24-21-37-27-14-10-9-13-26(24)27/h6-14,21-22,25,28-29,37H,15-20H2,1-5H3,(H,36,44)(H,38,45)(H,39,41)(H,40,46)(H,42,43)/t25?,28?,29-/m1/s1. The minimum absolute atomic E-state index is 0.0788. The number of rotatable bonds is 16. The first kappa shape index (κ1) is 36.6. The van der Waals surface area contributed by atoms with Crippen molar-refractivity contribution in [2.75, 3.05) is 6.54 Å². The first-order chi connectivity index (χ1) is 22.2. The maximum atomic E-state index is 13.7. The van der Waals surface area contributed by atoms with Gasteiger partial charge < -0.3 is 36.1 Å². The molecule has 2 unspecified atom stereocenters. The van der Waals surface area contributed by atoms with Gasteiger partial charge in [0.1, 0.15) is 17.7 Å². The van der Waals surface area contributed by atoms with Crippen LogP contribution >= 0.6 is 0 Å². The third-order valence-electron chi connectivity index (χ3n) is 7.23. The van der Waals surface area contributed by atoms with Gasteiger partial charge in [-0.25, -0.2) is 4.79 Å². The van der Waals surface area contributed by atoms with Crippen LogP contribution in [0.15, 0.2) is 60.8 Å². The number of hydrogen-bond donors (Lipinski definition) is 6. The molecule has 12 heteroatoms. The maximum absolute atomic E-state index is 13.7. The van der Waals surface area contributed by atoms with E-state index in [1.807, 2.05) is 68.4 Å². The van der Waals surface area contributed by atoms with Gasteiger partial charge in [-0.05, 0) is 56.7 Å². The summed E-state index contributed by atoms with van der Waals surface area (Å²) in [4.78, 5) is 67.3. The van der Waals surface area contributed by atoms with E-state index in [1.54, 1.807) is 27.0 Å². The summed E-state index contributed by atoms with van der Waals surface area (Å²) in [7, 11) is 0. The first-order valence-electron chi connectivity index (χ1n) is 15.9. The Balaban J connectivity index is 1.71. The molecule has 47 heavy (non-hydrogen) atoms. The number of aromatic nitrogens is 1. The number of ether oxygens (including phenoxy) is 1. The average molecular weight is 650 g/mol. The number of carboxylic acids is 1. The molecule has 254 valence electrons. The quantitative estimate of drug-likeness (QED) is 0.136. The molecule has 0 aliphatic rings. The van der Waals surface area contributed by atoms with Crippen molar-refractivity contribution in [2.45, 2.75) is 90.4 Å². The number of carbonyl (C=O) groups is 5. The van der Waals surface area contributed by atoms with Gasteiger partial charge in [0.2, 0.25) is 17.7 Å². The fraction of sp³-hybridized carbons (Fsp3) is 0.457. The van der Waals surface area contributed by atoms with Crippen LogP contribution in [0.1, 0.15) is 65.0 Å². The fourth-order valence-electron chi connectivity index (χ4n) is 5.20. The Morgan fingerprint density at radius 1 is 0.851 bits per heavy atom. The molecule has 3 rings (SSSR count). The molecule has 2 aromatic carbocycles. The van der Waals surface area contributed by atoms with Gasteiger partial charge >= 0.3 is 12.1 Å². The molecule has 0 aliphatic heterocycles. The van der Waals surface area contributed by atoms with Crippen molar-refractivity contribution in [1.82, 2.24) is 26.3 Å². The minimum atomic E-state index is -1.30. The fourth-order valence-corrected chi connectivity index (χ4v) is 5.20. The molecule has 4 amide bonds. The highest BCUT2D eigenvalue weighted by Crippen LogP contribution is 2.20. The van der Waals surface area contributed by atoms with E-state index in [0.29, 0.717) is 12.8 Å². The molecule has 0 fully saturated rings. The van der Waals surface area contributed by atoms with Crippen LogP contribution in [0.3, 0.4) is 0 Å². The molecule has 3 aromatic rings. The lowest BCUT2D eigenvalue weighted by Crippen LogP contribution is -2.53. The average Bonchev–Trinajstić information content (AvgIpc) is 3.38. The smallest absolute Gasteiger partial charge is 0.408 e. The topological polar surface area (TPSA) is 179 Å². The number of aromatic amines is 1. The van der Waals surface area contributed by atoms with Crippen molar-refractivity contribution in [3.05, 3.63) is 71.9 Å². The predicted molar refractivity (Wildman–Crippen MR) is 179 cm³/mol. The Morgan fingerprint density at radius 3 is 2.19 bits per heavy atom. The lowest BCUT2D eigenvalue weighted by Gasteiger charge is -2.26. The molecular formula is C35H47N5O7. The van der Waals surface area contributed by atoms with Gasteiger partial charge in [-0.15, -0.1) is 0 Å². The summed E-state index contributed by atoms with van der Waals surface area (Å²) in [5, 5.41) is 21.1. The van der Waals surface area contributed by atoms with Gasteiger partial charge in [0, 0.05) is 42.5 Å². The molecule has 0 spiro atoms. The van der Waals surface area contributed by atoms with Gasteiger partial charge in [-0.2, -0.15) is 0 Å². The molecule has 3 atom stereocenters. The van der Waals surface area contributed by atoms with E-state index >= 15 is 0 Å². The van der Waals surface area contributed by atoms with Gasteiger partial charge in [0.25, 0.3) is 0 Å². The Bertz CT molecular complexity index is 1510. The highest BCUT2D eigenvalue weighted by Gasteiger charge is 2.30. The summed E-state index contributed by atoms with van der Waals surface area (Å²) in [5.41, 5.74) is 1.91. The van der Waals surface area contributed by atoms with E-state index in [2.05, 4.69) is 26.3 Å². The van der Waals surface area contributed by atoms with Crippen LogP contribution in [-0.2, 0) is 36.8 Å². The van der Waals surface area contributed by atoms with E-state index in [4.69, 9.17) is 4.74 Å². The molecule has 6 N–H and O–H groups in total. The maximum Gasteiger partial charge on any atom is 0.408 e. The highest BCUT2D eigenvalue weighted by molar-refractivity contribution is 5.92. The molecule has 1 heterocycles. The van der Waals surface area contributed by atoms with Crippen LogP contribution in [0.4, 0.5) is 4.79 Å². The molecule has 0 radical (unpaired) electrons. The number of aliphatic carboxylic acids is 1. The molecule has 0 aliphatic carbocycles. The Kier molecular flexibility index (Phi) is 13.4. The summed E-state index contributed by atoms with van der Waals surface area (Å²) in [5.74, 6) is -2.88. The lowest BCUT2D eigenvalue weighted by molar-refractivity contribution is -0.140. The summed E-state index contributed by atoms with van der Waals surface area (Å²) in [6.07, 6.45) is 1.33. The molecule has 0 saturated heterocycles. The van der Waals surface area contributed by atoms with E-state index in [9.17, 15) is 29.1 Å². The van der Waals surface area contributed by atoms with Crippen molar-refractivity contribution in [3.63, 3.8) is 0 Å². The number of nitrogens with one attached hydrogen (secondary N) is 5. The van der Waals surface area contributed by atoms with Gasteiger partial charge in [0.05, 0.1) is 6.42 Å². The zero-order valence-corrected chi connectivity index (χ0v) is 27.7. The number of carbonyl (C=O) groups excluding carboxylic acids is 4. The van der Waals surface area contributed by atoms with Crippen LogP contribution in [0.2, 0.25) is 0 Å². The molecule has 0 bridgehead atoms. The van der Waals surface area contributed by atoms with Crippen LogP contribution in [-0.4, -0.2) is 70.1 Å². The third-order valence-corrected chi connectivity index (χ3v) is 7.23. The predicted octanol–water partition coefficient (Wildman–Crippen LogP) is 3.84. The SMILES string of the molecule is CC(C)CC(CC(=O)N[C@H](CC(=O)O)C(=O)NCCc1ccccc1)NC(=O)C(Cc1c[nH]c2ccccc12)NC(=O)OC(C)(C)C. The van der Waals surface area contributed by atoms with Gasteiger partial charge in [-0.3, -0.25) is 19.2 Å². The van der Waals surface area contributed by atoms with E-state index in [0.717, 1.165) is 22.0 Å². The number of carboxylic acid groups (broad SMARTS) is 1. The van der Waals surface area contributed by atoms with Gasteiger partial charge in [-0.1, -0.05) is 62.4 Å². The minimum Gasteiger partial charge on any atom is -0.481 e. The normalized spacial score (nSPS) is 13.3. The molecular weight excluding hydrogens is 602 g/mol. The van der Waals surface area contributed by atoms with Crippen LogP contribution < -0.4 is 21.3 Å². The number of benzene rings is 2. The monoisotopic (exact) mass is 649 g/mol. The molecule has 1 aromatic heterocycles. The second-order valence-electron chi connectivity index (χ2n) is 13.0. The van der Waals surface area contributed by atoms with Crippen LogP contribution in [0, 0.1) is 5.92 Å². The zero-order valence-electron chi connectivity index (χ0n) is 27.7. The zero-order chi connectivity index (χ0) is 34.6. The summed E-state index contributed by atoms with van der Waals surface area (Å²) in [6, 6.07) is 14.1. The largest absolute Gasteiger partial charge is 0.481 e. The van der Waals surface area contributed by atoms with Crippen LogP contribution in [0.25, 0.3) is 10.9 Å². The van der Waals surface area contributed by atoms with Crippen molar-refractivity contribution in [3.8, 4) is 0 Å². The summed E-state index contributed by atoms with van der Waals surface area (Å²) < 4.78 is 5.42. The van der Waals surface area contributed by atoms with Crippen molar-refractivity contribution >= 4 is 40.7 Å². The molecule has 0 saturated carbocycles. The summed E-state index contributed by atoms with van der Waals surface area (Å²) >= 11 is 0. The number of alkyl carbamates (subject to hydrolysis) is 1. The van der Waals surface area contributed by atoms with E-state index in [1.165, 1.54) is 0 Å². The van der Waals surface area contributed by atoms with Crippen molar-refractivity contribution < 1.29 is 33.8 Å². The number of fused-ring (bicyclic) bond motifs is 1. The van der Waals surface area contributed by atoms with E-state index < -0.39 is 59.9 Å².